The van der Waals surface area contributed by atoms with E-state index in [9.17, 15) is 4.79 Å². The minimum absolute atomic E-state index is 0.0262. The lowest BCUT2D eigenvalue weighted by Crippen LogP contribution is -2.40. The molecule has 1 fully saturated rings. The molecule has 6 heteroatoms. The first-order valence-corrected chi connectivity index (χ1v) is 6.96. The van der Waals surface area contributed by atoms with Crippen LogP contribution >= 0.6 is 11.3 Å². The van der Waals surface area contributed by atoms with Crippen molar-refractivity contribution < 1.29 is 9.53 Å². The molecule has 1 aliphatic rings. The third kappa shape index (κ3) is 2.64. The van der Waals surface area contributed by atoms with Gasteiger partial charge in [-0.1, -0.05) is 6.07 Å². The normalized spacial score (nSPS) is 15.5. The summed E-state index contributed by atoms with van der Waals surface area (Å²) >= 11 is 1.44. The van der Waals surface area contributed by atoms with Gasteiger partial charge in [0, 0.05) is 24.7 Å². The van der Waals surface area contributed by atoms with Gasteiger partial charge in [-0.25, -0.2) is 4.98 Å². The molecule has 0 radical (unpaired) electrons. The molecule has 0 saturated carbocycles. The highest BCUT2D eigenvalue weighted by Gasteiger charge is 2.21. The fourth-order valence-corrected chi connectivity index (χ4v) is 2.68. The Morgan fingerprint density at radius 3 is 2.89 bits per heavy atom. The quantitative estimate of drug-likeness (QED) is 0.836. The second-order valence-corrected chi connectivity index (χ2v) is 5.02. The van der Waals surface area contributed by atoms with Gasteiger partial charge in [-0.15, -0.1) is 11.3 Å². The summed E-state index contributed by atoms with van der Waals surface area (Å²) in [6, 6.07) is 5.66. The zero-order chi connectivity index (χ0) is 13.1. The topological polar surface area (TPSA) is 55.3 Å². The molecule has 0 aliphatic carbocycles. The minimum Gasteiger partial charge on any atom is -0.378 e. The molecular weight excluding hydrogens is 262 g/mol. The molecule has 3 heterocycles. The zero-order valence-electron chi connectivity index (χ0n) is 10.3. The van der Waals surface area contributed by atoms with E-state index < -0.39 is 0 Å². The van der Waals surface area contributed by atoms with E-state index in [1.807, 2.05) is 18.2 Å². The molecule has 2 aromatic heterocycles. The van der Waals surface area contributed by atoms with Crippen molar-refractivity contribution in [3.8, 4) is 10.7 Å². The number of hydrogen-bond acceptors (Lipinski definition) is 5. The van der Waals surface area contributed by atoms with E-state index >= 15 is 0 Å². The van der Waals surface area contributed by atoms with Crippen molar-refractivity contribution in [2.75, 3.05) is 26.3 Å². The Labute approximate surface area is 114 Å². The second kappa shape index (κ2) is 5.46. The van der Waals surface area contributed by atoms with Crippen LogP contribution in [0.5, 0.6) is 0 Å². The highest BCUT2D eigenvalue weighted by Crippen LogP contribution is 2.22. The third-order valence-electron chi connectivity index (χ3n) is 2.91. The first-order chi connectivity index (χ1) is 9.34. The summed E-state index contributed by atoms with van der Waals surface area (Å²) in [6.07, 6.45) is 1.72. The van der Waals surface area contributed by atoms with Gasteiger partial charge in [0.1, 0.15) is 10.7 Å². The van der Waals surface area contributed by atoms with Crippen LogP contribution in [-0.2, 0) is 4.74 Å². The average Bonchev–Trinajstić information content (AvgIpc) is 2.98. The van der Waals surface area contributed by atoms with Gasteiger partial charge in [-0.3, -0.25) is 9.78 Å². The van der Waals surface area contributed by atoms with Crippen LogP contribution in [0.15, 0.2) is 29.8 Å². The van der Waals surface area contributed by atoms with Gasteiger partial charge >= 0.3 is 0 Å². The molecule has 0 unspecified atom stereocenters. The molecule has 0 bridgehead atoms. The van der Waals surface area contributed by atoms with Gasteiger partial charge in [-0.2, -0.15) is 0 Å². The van der Waals surface area contributed by atoms with Gasteiger partial charge < -0.3 is 9.64 Å². The summed E-state index contributed by atoms with van der Waals surface area (Å²) in [4.78, 5) is 22.6. The molecule has 5 nitrogen and oxygen atoms in total. The number of carbonyl (C=O) groups is 1. The Bertz CT molecular complexity index is 564. The standard InChI is InChI=1S/C13H13N3O2S/c17-13(16-5-7-18-8-6-16)11-9-19-12(15-11)10-3-1-2-4-14-10/h1-4,9H,5-8H2. The molecule has 0 N–H and O–H groups in total. The van der Waals surface area contributed by atoms with E-state index in [0.29, 0.717) is 32.0 Å². The predicted octanol–water partition coefficient (Wildman–Crippen LogP) is 1.68. The summed E-state index contributed by atoms with van der Waals surface area (Å²) in [5.74, 6) is -0.0262. The maximum Gasteiger partial charge on any atom is 0.273 e. The minimum atomic E-state index is -0.0262. The number of ether oxygens (including phenoxy) is 1. The summed E-state index contributed by atoms with van der Waals surface area (Å²) in [7, 11) is 0. The SMILES string of the molecule is O=C(c1csc(-c2ccccn2)n1)N1CCOCC1. The average molecular weight is 275 g/mol. The lowest BCUT2D eigenvalue weighted by atomic mass is 10.3. The third-order valence-corrected chi connectivity index (χ3v) is 3.77. The van der Waals surface area contributed by atoms with Crippen molar-refractivity contribution in [1.82, 2.24) is 14.9 Å². The van der Waals surface area contributed by atoms with Gasteiger partial charge in [-0.05, 0) is 12.1 Å². The van der Waals surface area contributed by atoms with Crippen LogP contribution < -0.4 is 0 Å². The van der Waals surface area contributed by atoms with Crippen molar-refractivity contribution in [3.63, 3.8) is 0 Å². The number of nitrogens with zero attached hydrogens (tertiary/aromatic N) is 3. The fourth-order valence-electron chi connectivity index (χ4n) is 1.91. The van der Waals surface area contributed by atoms with Crippen molar-refractivity contribution >= 4 is 17.2 Å². The van der Waals surface area contributed by atoms with Crippen LogP contribution in [0.3, 0.4) is 0 Å². The second-order valence-electron chi connectivity index (χ2n) is 4.16. The first kappa shape index (κ1) is 12.3. The van der Waals surface area contributed by atoms with Crippen molar-refractivity contribution in [2.45, 2.75) is 0 Å². The molecule has 2 aromatic rings. The molecule has 19 heavy (non-hydrogen) atoms. The number of thiazole rings is 1. The maximum atomic E-state index is 12.2. The lowest BCUT2D eigenvalue weighted by Gasteiger charge is -2.25. The van der Waals surface area contributed by atoms with Gasteiger partial charge in [0.2, 0.25) is 0 Å². The van der Waals surface area contributed by atoms with Gasteiger partial charge in [0.25, 0.3) is 5.91 Å². The maximum absolute atomic E-state index is 12.2. The number of carbonyl (C=O) groups excluding carboxylic acids is 1. The number of amides is 1. The van der Waals surface area contributed by atoms with E-state index in [2.05, 4.69) is 9.97 Å². The summed E-state index contributed by atoms with van der Waals surface area (Å²) in [5.41, 5.74) is 1.29. The highest BCUT2D eigenvalue weighted by molar-refractivity contribution is 7.13. The Morgan fingerprint density at radius 1 is 1.32 bits per heavy atom. The molecule has 1 amide bonds. The molecule has 0 atom stereocenters. The number of rotatable bonds is 2. The van der Waals surface area contributed by atoms with Crippen LogP contribution in [0, 0.1) is 0 Å². The van der Waals surface area contributed by atoms with Crippen LogP contribution in [0.2, 0.25) is 0 Å². The molecular formula is C13H13N3O2S. The van der Waals surface area contributed by atoms with Crippen LogP contribution in [0.1, 0.15) is 10.5 Å². The Morgan fingerprint density at radius 2 is 2.16 bits per heavy atom. The van der Waals surface area contributed by atoms with Crippen LogP contribution in [0.4, 0.5) is 0 Å². The number of morpholine rings is 1. The van der Waals surface area contributed by atoms with E-state index in [-0.39, 0.29) is 5.91 Å². The predicted molar refractivity (Wildman–Crippen MR) is 72.1 cm³/mol. The van der Waals surface area contributed by atoms with Crippen LogP contribution in [-0.4, -0.2) is 47.1 Å². The summed E-state index contributed by atoms with van der Waals surface area (Å²) in [6.45, 7) is 2.47. The Balaban J connectivity index is 1.79. The zero-order valence-corrected chi connectivity index (χ0v) is 11.1. The number of hydrogen-bond donors (Lipinski definition) is 0. The fraction of sp³-hybridized carbons (Fsp3) is 0.308. The Kier molecular flexibility index (Phi) is 3.52. The molecule has 1 aliphatic heterocycles. The van der Waals surface area contributed by atoms with E-state index in [1.165, 1.54) is 11.3 Å². The Hall–Kier alpha value is -1.79. The van der Waals surface area contributed by atoms with E-state index in [0.717, 1.165) is 10.7 Å². The number of aromatic nitrogens is 2. The van der Waals surface area contributed by atoms with E-state index in [4.69, 9.17) is 4.74 Å². The van der Waals surface area contributed by atoms with Gasteiger partial charge in [0.05, 0.1) is 18.9 Å². The van der Waals surface area contributed by atoms with Crippen molar-refractivity contribution in [3.05, 3.63) is 35.5 Å². The summed E-state index contributed by atoms with van der Waals surface area (Å²) < 4.78 is 5.24. The highest BCUT2D eigenvalue weighted by atomic mass is 32.1. The first-order valence-electron chi connectivity index (χ1n) is 6.08. The molecule has 3 rings (SSSR count). The molecule has 98 valence electrons. The molecule has 0 spiro atoms. The smallest absolute Gasteiger partial charge is 0.273 e. The molecule has 1 saturated heterocycles. The van der Waals surface area contributed by atoms with Crippen LogP contribution in [0.25, 0.3) is 10.7 Å². The molecule has 0 aromatic carbocycles. The van der Waals surface area contributed by atoms with E-state index in [1.54, 1.807) is 16.5 Å². The summed E-state index contributed by atoms with van der Waals surface area (Å²) in [5, 5.41) is 2.57. The number of pyridine rings is 1. The lowest BCUT2D eigenvalue weighted by molar-refractivity contribution is 0.0299. The van der Waals surface area contributed by atoms with Gasteiger partial charge in [0.15, 0.2) is 0 Å². The van der Waals surface area contributed by atoms with Crippen molar-refractivity contribution in [1.29, 1.82) is 0 Å². The van der Waals surface area contributed by atoms with Crippen molar-refractivity contribution in [2.24, 2.45) is 0 Å². The monoisotopic (exact) mass is 275 g/mol. The largest absolute Gasteiger partial charge is 0.378 e.